The zero-order valence-corrected chi connectivity index (χ0v) is 15.4. The van der Waals surface area contributed by atoms with Crippen molar-refractivity contribution >= 4 is 22.6 Å². The number of fused-ring (bicyclic) bond motifs is 1. The van der Waals surface area contributed by atoms with Crippen molar-refractivity contribution in [1.29, 1.82) is 0 Å². The minimum Gasteiger partial charge on any atom is -0.502 e. The lowest BCUT2D eigenvalue weighted by Crippen LogP contribution is -2.28. The van der Waals surface area contributed by atoms with Gasteiger partial charge in [-0.05, 0) is 30.2 Å². The fourth-order valence-electron chi connectivity index (χ4n) is 3.01. The van der Waals surface area contributed by atoms with Crippen molar-refractivity contribution in [3.63, 3.8) is 0 Å². The van der Waals surface area contributed by atoms with Crippen molar-refractivity contribution in [2.45, 2.75) is 6.92 Å². The lowest BCUT2D eigenvalue weighted by atomic mass is 9.98. The molecular formula is C21H20N2O4. The number of aryl methyl sites for hydroxylation is 1. The lowest BCUT2D eigenvalue weighted by molar-refractivity contribution is -0.114. The number of benzene rings is 2. The van der Waals surface area contributed by atoms with Gasteiger partial charge in [0.25, 0.3) is 5.91 Å². The molecule has 0 radical (unpaired) electrons. The highest BCUT2D eigenvalue weighted by Gasteiger charge is 2.16. The quantitative estimate of drug-likeness (QED) is 0.427. The van der Waals surface area contributed by atoms with Crippen molar-refractivity contribution in [2.24, 2.45) is 5.73 Å². The summed E-state index contributed by atoms with van der Waals surface area (Å²) in [5.74, 6) is -0.630. The van der Waals surface area contributed by atoms with Gasteiger partial charge in [-0.25, -0.2) is 4.79 Å². The summed E-state index contributed by atoms with van der Waals surface area (Å²) in [6.07, 6.45) is 1.27. The Labute approximate surface area is 156 Å². The lowest BCUT2D eigenvalue weighted by Gasteiger charge is -2.20. The average molecular weight is 364 g/mol. The second kappa shape index (κ2) is 7.37. The summed E-state index contributed by atoms with van der Waals surface area (Å²) in [6, 6.07) is 14.7. The van der Waals surface area contributed by atoms with Gasteiger partial charge in [-0.2, -0.15) is 0 Å². The number of nitrogens with two attached hydrogens (primary N) is 1. The SMILES string of the molecule is COC=C(C(N)=O)N(C)c1ccc2c(-c3ccccc3C)cc(=O)oc2c1. The van der Waals surface area contributed by atoms with E-state index in [1.165, 1.54) is 19.4 Å². The molecule has 6 nitrogen and oxygen atoms in total. The van der Waals surface area contributed by atoms with Gasteiger partial charge < -0.3 is 19.8 Å². The first-order valence-electron chi connectivity index (χ1n) is 8.32. The molecule has 0 saturated carbocycles. The van der Waals surface area contributed by atoms with E-state index < -0.39 is 11.5 Å². The Hall–Kier alpha value is -3.54. The number of nitrogens with zero attached hydrogens (tertiary/aromatic N) is 1. The number of hydrogen-bond acceptors (Lipinski definition) is 5. The maximum absolute atomic E-state index is 12.1. The molecule has 0 unspecified atom stereocenters. The first-order valence-corrected chi connectivity index (χ1v) is 8.32. The number of likely N-dealkylation sites (N-methyl/N-ethyl adjacent to an activating group) is 1. The number of anilines is 1. The summed E-state index contributed by atoms with van der Waals surface area (Å²) in [5.41, 5.74) is 9.03. The van der Waals surface area contributed by atoms with Gasteiger partial charge in [0.15, 0.2) is 0 Å². The molecule has 27 heavy (non-hydrogen) atoms. The molecule has 6 heteroatoms. The largest absolute Gasteiger partial charge is 0.502 e. The van der Waals surface area contributed by atoms with E-state index in [2.05, 4.69) is 0 Å². The molecule has 0 fully saturated rings. The van der Waals surface area contributed by atoms with Gasteiger partial charge in [0, 0.05) is 35.8 Å². The van der Waals surface area contributed by atoms with Gasteiger partial charge in [0.05, 0.1) is 7.11 Å². The summed E-state index contributed by atoms with van der Waals surface area (Å²) in [7, 11) is 3.12. The van der Waals surface area contributed by atoms with Crippen molar-refractivity contribution in [1.82, 2.24) is 0 Å². The number of hydrogen-bond donors (Lipinski definition) is 1. The molecule has 2 aromatic carbocycles. The van der Waals surface area contributed by atoms with Gasteiger partial charge >= 0.3 is 5.63 Å². The van der Waals surface area contributed by atoms with E-state index in [0.29, 0.717) is 11.3 Å². The van der Waals surface area contributed by atoms with E-state index in [4.69, 9.17) is 14.9 Å². The molecule has 0 aliphatic carbocycles. The van der Waals surface area contributed by atoms with Crippen LogP contribution in [-0.4, -0.2) is 20.1 Å². The molecule has 0 aliphatic rings. The Kier molecular flexibility index (Phi) is 4.98. The van der Waals surface area contributed by atoms with Crippen molar-refractivity contribution in [3.05, 3.63) is 76.5 Å². The molecular weight excluding hydrogens is 344 g/mol. The first kappa shape index (κ1) is 18.3. The molecule has 1 aromatic heterocycles. The van der Waals surface area contributed by atoms with E-state index >= 15 is 0 Å². The number of methoxy groups -OCH3 is 1. The molecule has 0 bridgehead atoms. The second-order valence-corrected chi connectivity index (χ2v) is 6.14. The molecule has 1 amide bonds. The number of ether oxygens (including phenoxy) is 1. The molecule has 138 valence electrons. The van der Waals surface area contributed by atoms with Crippen LogP contribution in [0.25, 0.3) is 22.1 Å². The van der Waals surface area contributed by atoms with Crippen LogP contribution in [-0.2, 0) is 9.53 Å². The van der Waals surface area contributed by atoms with Crippen LogP contribution >= 0.6 is 0 Å². The Balaban J connectivity index is 2.18. The van der Waals surface area contributed by atoms with E-state index in [-0.39, 0.29) is 5.70 Å². The van der Waals surface area contributed by atoms with E-state index in [0.717, 1.165) is 22.1 Å². The van der Waals surface area contributed by atoms with Crippen LogP contribution in [0.4, 0.5) is 5.69 Å². The third kappa shape index (κ3) is 3.55. The number of amides is 1. The minimum absolute atomic E-state index is 0.175. The Morgan fingerprint density at radius 2 is 1.89 bits per heavy atom. The smallest absolute Gasteiger partial charge is 0.336 e. The molecule has 1 heterocycles. The van der Waals surface area contributed by atoms with Crippen LogP contribution in [0, 0.1) is 6.92 Å². The predicted octanol–water partition coefficient (Wildman–Crippen LogP) is 3.18. The predicted molar refractivity (Wildman–Crippen MR) is 105 cm³/mol. The minimum atomic E-state index is -0.630. The summed E-state index contributed by atoms with van der Waals surface area (Å²) < 4.78 is 10.3. The van der Waals surface area contributed by atoms with Crippen molar-refractivity contribution in [2.75, 3.05) is 19.1 Å². The second-order valence-electron chi connectivity index (χ2n) is 6.14. The zero-order chi connectivity index (χ0) is 19.6. The Bertz CT molecular complexity index is 1100. The van der Waals surface area contributed by atoms with Crippen LogP contribution < -0.4 is 16.3 Å². The van der Waals surface area contributed by atoms with Crippen molar-refractivity contribution in [3.8, 4) is 11.1 Å². The van der Waals surface area contributed by atoms with Crippen LogP contribution in [0.5, 0.6) is 0 Å². The van der Waals surface area contributed by atoms with Crippen LogP contribution in [0.1, 0.15) is 5.56 Å². The van der Waals surface area contributed by atoms with E-state index in [9.17, 15) is 9.59 Å². The molecule has 0 spiro atoms. The molecule has 0 aliphatic heterocycles. The third-order valence-electron chi connectivity index (χ3n) is 4.39. The highest BCUT2D eigenvalue weighted by atomic mass is 16.5. The fourth-order valence-corrected chi connectivity index (χ4v) is 3.01. The number of rotatable bonds is 5. The first-order chi connectivity index (χ1) is 12.9. The van der Waals surface area contributed by atoms with Gasteiger partial charge in [-0.15, -0.1) is 0 Å². The summed E-state index contributed by atoms with van der Waals surface area (Å²) in [5, 5.41) is 0.803. The van der Waals surface area contributed by atoms with Gasteiger partial charge in [-0.1, -0.05) is 24.3 Å². The molecule has 0 atom stereocenters. The normalized spacial score (nSPS) is 11.4. The summed E-state index contributed by atoms with van der Waals surface area (Å²) in [4.78, 5) is 25.4. The zero-order valence-electron chi connectivity index (χ0n) is 15.4. The molecule has 3 aromatic rings. The van der Waals surface area contributed by atoms with Crippen LogP contribution in [0.15, 0.2) is 69.7 Å². The van der Waals surface area contributed by atoms with E-state index in [1.54, 1.807) is 18.0 Å². The summed E-state index contributed by atoms with van der Waals surface area (Å²) in [6.45, 7) is 1.99. The third-order valence-corrected chi connectivity index (χ3v) is 4.39. The number of carbonyl (C=O) groups is 1. The molecule has 0 saturated heterocycles. The highest BCUT2D eigenvalue weighted by Crippen LogP contribution is 2.32. The van der Waals surface area contributed by atoms with Crippen molar-refractivity contribution < 1.29 is 13.9 Å². The van der Waals surface area contributed by atoms with Gasteiger partial charge in [-0.3, -0.25) is 4.79 Å². The van der Waals surface area contributed by atoms with E-state index in [1.807, 2.05) is 43.3 Å². The monoisotopic (exact) mass is 364 g/mol. The molecule has 3 rings (SSSR count). The van der Waals surface area contributed by atoms with Gasteiger partial charge in [0.2, 0.25) is 0 Å². The Morgan fingerprint density at radius 3 is 2.56 bits per heavy atom. The molecule has 2 N–H and O–H groups in total. The highest BCUT2D eigenvalue weighted by molar-refractivity contribution is 5.98. The maximum Gasteiger partial charge on any atom is 0.336 e. The number of primary amides is 1. The van der Waals surface area contributed by atoms with Crippen LogP contribution in [0.3, 0.4) is 0 Å². The fraction of sp³-hybridized carbons (Fsp3) is 0.143. The average Bonchev–Trinajstić information content (AvgIpc) is 2.64. The Morgan fingerprint density at radius 1 is 1.15 bits per heavy atom. The van der Waals surface area contributed by atoms with Crippen LogP contribution in [0.2, 0.25) is 0 Å². The topological polar surface area (TPSA) is 85.8 Å². The standard InChI is InChI=1S/C21H20N2O4/c1-13-6-4-5-7-15(13)17-11-20(24)27-19-10-14(8-9-16(17)19)23(2)18(12-26-3)21(22)25/h4-12H,1-3H3,(H2,22,25). The maximum atomic E-state index is 12.1. The summed E-state index contributed by atoms with van der Waals surface area (Å²) >= 11 is 0. The number of carbonyl (C=O) groups excluding carboxylic acids is 1. The van der Waals surface area contributed by atoms with Gasteiger partial charge in [0.1, 0.15) is 17.5 Å².